The molecule has 0 aromatic carbocycles. The molecule has 2 atom stereocenters. The zero-order valence-corrected chi connectivity index (χ0v) is 16.5. The SMILES string of the molecule is CCC1(CC)CCN(c2nccc(N3CCN[C@@H]4CS(=O)(=O)C[C@@H]43)n2)C1. The predicted octanol–water partition coefficient (Wildman–Crippen LogP) is 1.07. The van der Waals surface area contributed by atoms with Crippen molar-refractivity contribution in [2.75, 3.05) is 47.5 Å². The van der Waals surface area contributed by atoms with Gasteiger partial charge in [0.05, 0.1) is 17.5 Å². The van der Waals surface area contributed by atoms with E-state index in [1.807, 2.05) is 12.3 Å². The maximum atomic E-state index is 12.1. The average molecular weight is 380 g/mol. The van der Waals surface area contributed by atoms with Crippen LogP contribution in [-0.2, 0) is 9.84 Å². The topological polar surface area (TPSA) is 78.4 Å². The van der Waals surface area contributed by atoms with Crippen molar-refractivity contribution < 1.29 is 8.42 Å². The van der Waals surface area contributed by atoms with Crippen molar-refractivity contribution in [1.82, 2.24) is 15.3 Å². The van der Waals surface area contributed by atoms with E-state index in [0.29, 0.717) is 5.41 Å². The van der Waals surface area contributed by atoms with E-state index >= 15 is 0 Å². The number of piperazine rings is 1. The Morgan fingerprint density at radius 1 is 1.27 bits per heavy atom. The molecule has 1 aromatic heterocycles. The van der Waals surface area contributed by atoms with Crippen molar-refractivity contribution in [3.63, 3.8) is 0 Å². The van der Waals surface area contributed by atoms with Crippen molar-refractivity contribution in [1.29, 1.82) is 0 Å². The van der Waals surface area contributed by atoms with Crippen LogP contribution in [0.25, 0.3) is 0 Å². The second-order valence-corrected chi connectivity index (χ2v) is 10.1. The monoisotopic (exact) mass is 379 g/mol. The van der Waals surface area contributed by atoms with Gasteiger partial charge in [0.25, 0.3) is 0 Å². The van der Waals surface area contributed by atoms with Crippen molar-refractivity contribution in [2.24, 2.45) is 5.41 Å². The third-order valence-corrected chi connectivity index (χ3v) is 8.34. The summed E-state index contributed by atoms with van der Waals surface area (Å²) >= 11 is 0. The van der Waals surface area contributed by atoms with Crippen LogP contribution in [0.2, 0.25) is 0 Å². The number of rotatable bonds is 4. The molecule has 0 bridgehead atoms. The summed E-state index contributed by atoms with van der Waals surface area (Å²) in [7, 11) is -2.98. The van der Waals surface area contributed by atoms with E-state index in [1.54, 1.807) is 0 Å². The maximum absolute atomic E-state index is 12.1. The first-order valence-corrected chi connectivity index (χ1v) is 11.6. The lowest BCUT2D eigenvalue weighted by atomic mass is 9.82. The highest BCUT2D eigenvalue weighted by atomic mass is 32.2. The largest absolute Gasteiger partial charge is 0.350 e. The Balaban J connectivity index is 1.57. The molecule has 8 heteroatoms. The lowest BCUT2D eigenvalue weighted by Crippen LogP contribution is -2.57. The van der Waals surface area contributed by atoms with Crippen LogP contribution in [0, 0.1) is 5.41 Å². The fourth-order valence-electron chi connectivity index (χ4n) is 4.74. The van der Waals surface area contributed by atoms with Gasteiger partial charge in [0, 0.05) is 38.4 Å². The molecular formula is C18H29N5O2S. The van der Waals surface area contributed by atoms with E-state index in [4.69, 9.17) is 4.98 Å². The summed E-state index contributed by atoms with van der Waals surface area (Å²) in [6.45, 7) is 8.10. The van der Waals surface area contributed by atoms with Crippen LogP contribution >= 0.6 is 0 Å². The fraction of sp³-hybridized carbons (Fsp3) is 0.778. The fourth-order valence-corrected chi connectivity index (χ4v) is 6.69. The van der Waals surface area contributed by atoms with E-state index in [-0.39, 0.29) is 23.6 Å². The Morgan fingerprint density at radius 3 is 2.81 bits per heavy atom. The van der Waals surface area contributed by atoms with Gasteiger partial charge in [0.15, 0.2) is 9.84 Å². The number of fused-ring (bicyclic) bond motifs is 1. The Morgan fingerprint density at radius 2 is 2.08 bits per heavy atom. The second kappa shape index (κ2) is 6.64. The molecule has 0 unspecified atom stereocenters. The molecule has 0 radical (unpaired) electrons. The summed E-state index contributed by atoms with van der Waals surface area (Å²) in [4.78, 5) is 13.8. The van der Waals surface area contributed by atoms with Crippen LogP contribution in [0.4, 0.5) is 11.8 Å². The highest BCUT2D eigenvalue weighted by molar-refractivity contribution is 7.91. The first kappa shape index (κ1) is 18.0. The van der Waals surface area contributed by atoms with Gasteiger partial charge in [-0.3, -0.25) is 0 Å². The van der Waals surface area contributed by atoms with Gasteiger partial charge in [-0.05, 0) is 30.7 Å². The third kappa shape index (κ3) is 3.17. The van der Waals surface area contributed by atoms with Gasteiger partial charge in [-0.25, -0.2) is 13.4 Å². The van der Waals surface area contributed by atoms with Crippen LogP contribution < -0.4 is 15.1 Å². The van der Waals surface area contributed by atoms with E-state index in [0.717, 1.165) is 37.9 Å². The molecule has 3 fully saturated rings. The molecule has 0 saturated carbocycles. The zero-order valence-electron chi connectivity index (χ0n) is 15.7. The van der Waals surface area contributed by atoms with Crippen molar-refractivity contribution in [3.05, 3.63) is 12.3 Å². The number of nitrogens with zero attached hydrogens (tertiary/aromatic N) is 4. The Labute approximate surface area is 156 Å². The summed E-state index contributed by atoms with van der Waals surface area (Å²) in [6.07, 6.45) is 5.36. The summed E-state index contributed by atoms with van der Waals surface area (Å²) in [6, 6.07) is 1.90. The van der Waals surface area contributed by atoms with Gasteiger partial charge >= 0.3 is 0 Å². The van der Waals surface area contributed by atoms with Gasteiger partial charge in [-0.15, -0.1) is 0 Å². The number of anilines is 2. The molecule has 4 rings (SSSR count). The number of hydrogen-bond donors (Lipinski definition) is 1. The maximum Gasteiger partial charge on any atom is 0.227 e. The number of aromatic nitrogens is 2. The lowest BCUT2D eigenvalue weighted by Gasteiger charge is -2.38. The highest BCUT2D eigenvalue weighted by Gasteiger charge is 2.43. The highest BCUT2D eigenvalue weighted by Crippen LogP contribution is 2.38. The molecule has 7 nitrogen and oxygen atoms in total. The van der Waals surface area contributed by atoms with Crippen LogP contribution in [0.5, 0.6) is 0 Å². The number of nitrogens with one attached hydrogen (secondary N) is 1. The molecule has 3 aliphatic rings. The average Bonchev–Trinajstić information content (AvgIpc) is 3.21. The summed E-state index contributed by atoms with van der Waals surface area (Å²) in [5.41, 5.74) is 0.374. The smallest absolute Gasteiger partial charge is 0.227 e. The van der Waals surface area contributed by atoms with Gasteiger partial charge in [-0.1, -0.05) is 13.8 Å². The molecule has 0 aliphatic carbocycles. The summed E-state index contributed by atoms with van der Waals surface area (Å²) in [5, 5.41) is 3.36. The minimum absolute atomic E-state index is 0.00628. The van der Waals surface area contributed by atoms with Crippen LogP contribution in [0.15, 0.2) is 12.3 Å². The third-order valence-electron chi connectivity index (χ3n) is 6.63. The molecule has 0 spiro atoms. The van der Waals surface area contributed by atoms with Gasteiger partial charge in [0.1, 0.15) is 5.82 Å². The van der Waals surface area contributed by atoms with Crippen molar-refractivity contribution in [2.45, 2.75) is 45.2 Å². The van der Waals surface area contributed by atoms with Crippen LogP contribution in [0.1, 0.15) is 33.1 Å². The second-order valence-electron chi connectivity index (χ2n) is 7.99. The first-order chi connectivity index (χ1) is 12.5. The van der Waals surface area contributed by atoms with Crippen LogP contribution in [0.3, 0.4) is 0 Å². The molecule has 3 aliphatic heterocycles. The first-order valence-electron chi connectivity index (χ1n) is 9.74. The molecule has 144 valence electrons. The van der Waals surface area contributed by atoms with E-state index in [9.17, 15) is 8.42 Å². The summed E-state index contributed by atoms with van der Waals surface area (Å²) < 4.78 is 24.2. The quantitative estimate of drug-likeness (QED) is 0.838. The van der Waals surface area contributed by atoms with E-state index in [1.165, 1.54) is 19.3 Å². The predicted molar refractivity (Wildman–Crippen MR) is 103 cm³/mol. The molecule has 1 N–H and O–H groups in total. The van der Waals surface area contributed by atoms with E-state index < -0.39 is 9.84 Å². The molecule has 4 heterocycles. The Kier molecular flexibility index (Phi) is 4.59. The molecule has 26 heavy (non-hydrogen) atoms. The van der Waals surface area contributed by atoms with Gasteiger partial charge < -0.3 is 15.1 Å². The van der Waals surface area contributed by atoms with E-state index in [2.05, 4.69) is 33.9 Å². The van der Waals surface area contributed by atoms with Gasteiger partial charge in [0.2, 0.25) is 5.95 Å². The summed E-state index contributed by atoms with van der Waals surface area (Å²) in [5.74, 6) is 2.08. The van der Waals surface area contributed by atoms with Gasteiger partial charge in [-0.2, -0.15) is 4.98 Å². The molecule has 0 amide bonds. The minimum atomic E-state index is -2.98. The lowest BCUT2D eigenvalue weighted by molar-refractivity contribution is 0.301. The van der Waals surface area contributed by atoms with Crippen LogP contribution in [-0.4, -0.2) is 68.2 Å². The Bertz CT molecular complexity index is 765. The van der Waals surface area contributed by atoms with Crippen molar-refractivity contribution >= 4 is 21.6 Å². The molecular weight excluding hydrogens is 350 g/mol. The Hall–Kier alpha value is -1.41. The van der Waals surface area contributed by atoms with Crippen molar-refractivity contribution in [3.8, 4) is 0 Å². The standard InChI is InChI=1S/C18H29N5O2S/c1-3-18(4-2)6-9-22(13-18)17-20-7-5-16(21-17)23-10-8-19-14-11-26(24,25)12-15(14)23/h5,7,14-15,19H,3-4,6,8-13H2,1-2H3/t14-,15+/m1/s1. The zero-order chi connectivity index (χ0) is 18.4. The number of sulfone groups is 1. The minimum Gasteiger partial charge on any atom is -0.350 e. The number of hydrogen-bond acceptors (Lipinski definition) is 7. The molecule has 3 saturated heterocycles. The molecule has 1 aromatic rings. The normalized spacial score (nSPS) is 29.8.